The molecule has 1 heterocycles. The van der Waals surface area contributed by atoms with E-state index in [4.69, 9.17) is 34.8 Å². The number of halogens is 6. The van der Waals surface area contributed by atoms with Crippen molar-refractivity contribution in [3.63, 3.8) is 0 Å². The van der Waals surface area contributed by atoms with E-state index in [1.807, 2.05) is 4.72 Å². The summed E-state index contributed by atoms with van der Waals surface area (Å²) in [5.41, 5.74) is -1.45. The first-order chi connectivity index (χ1) is 10.0. The summed E-state index contributed by atoms with van der Waals surface area (Å²) in [6, 6.07) is 3.76. The molecule has 0 atom stereocenters. The third-order valence-corrected chi connectivity index (χ3v) is 5.90. The molecule has 0 unspecified atom stereocenters. The normalized spacial score (nSPS) is 12.5. The van der Waals surface area contributed by atoms with Gasteiger partial charge in [0.25, 0.3) is 10.0 Å². The van der Waals surface area contributed by atoms with Crippen LogP contribution >= 0.6 is 46.1 Å². The van der Waals surface area contributed by atoms with Crippen molar-refractivity contribution in [1.29, 1.82) is 0 Å². The molecule has 0 saturated heterocycles. The molecule has 0 saturated carbocycles. The average molecular weight is 411 g/mol. The maximum absolute atomic E-state index is 12.8. The van der Waals surface area contributed by atoms with E-state index in [-0.39, 0.29) is 19.3 Å². The lowest BCUT2D eigenvalue weighted by Crippen LogP contribution is -2.14. The van der Waals surface area contributed by atoms with E-state index >= 15 is 0 Å². The fourth-order valence-corrected chi connectivity index (χ4v) is 4.95. The van der Waals surface area contributed by atoms with Crippen molar-refractivity contribution in [3.8, 4) is 0 Å². The Morgan fingerprint density at radius 3 is 2.23 bits per heavy atom. The summed E-state index contributed by atoms with van der Waals surface area (Å²) in [5.74, 6) is 0. The van der Waals surface area contributed by atoms with Gasteiger partial charge < -0.3 is 0 Å². The molecule has 0 aliphatic heterocycles. The van der Waals surface area contributed by atoms with E-state index in [0.717, 1.165) is 29.5 Å². The third kappa shape index (κ3) is 3.80. The maximum atomic E-state index is 12.8. The van der Waals surface area contributed by atoms with Crippen molar-refractivity contribution >= 4 is 61.9 Å². The second-order valence-electron chi connectivity index (χ2n) is 3.99. The second-order valence-corrected chi connectivity index (χ2v) is 8.33. The molecule has 3 nitrogen and oxygen atoms in total. The summed E-state index contributed by atoms with van der Waals surface area (Å²) >= 11 is 17.7. The Bertz CT molecular complexity index is 818. The summed E-state index contributed by atoms with van der Waals surface area (Å²) in [6.45, 7) is 0. The van der Waals surface area contributed by atoms with Crippen molar-refractivity contribution in [3.05, 3.63) is 43.5 Å². The fourth-order valence-electron chi connectivity index (χ4n) is 1.52. The van der Waals surface area contributed by atoms with Crippen LogP contribution in [0.5, 0.6) is 0 Å². The van der Waals surface area contributed by atoms with Crippen LogP contribution < -0.4 is 4.72 Å². The number of sulfonamides is 1. The van der Waals surface area contributed by atoms with Gasteiger partial charge in [-0.05, 0) is 24.3 Å². The number of nitrogens with one attached hydrogen (secondary N) is 1. The molecule has 0 spiro atoms. The van der Waals surface area contributed by atoms with Crippen LogP contribution in [0.25, 0.3) is 0 Å². The molecule has 22 heavy (non-hydrogen) atoms. The zero-order chi connectivity index (χ0) is 16.7. The number of benzene rings is 1. The Labute approximate surface area is 142 Å². The van der Waals surface area contributed by atoms with Crippen LogP contribution in [0.4, 0.5) is 18.9 Å². The Hall–Kier alpha value is -0.670. The Kier molecular flexibility index (Phi) is 4.89. The van der Waals surface area contributed by atoms with E-state index < -0.39 is 26.8 Å². The van der Waals surface area contributed by atoms with Crippen molar-refractivity contribution in [1.82, 2.24) is 0 Å². The van der Waals surface area contributed by atoms with Gasteiger partial charge in [-0.15, -0.1) is 11.3 Å². The van der Waals surface area contributed by atoms with Crippen LogP contribution in [0.2, 0.25) is 13.7 Å². The Morgan fingerprint density at radius 1 is 1.09 bits per heavy atom. The van der Waals surface area contributed by atoms with Crippen LogP contribution in [-0.2, 0) is 16.2 Å². The molecule has 120 valence electrons. The van der Waals surface area contributed by atoms with Crippen LogP contribution in [0.3, 0.4) is 0 Å². The first-order valence-corrected chi connectivity index (χ1v) is 8.78. The predicted octanol–water partition coefficient (Wildman–Crippen LogP) is 5.53. The van der Waals surface area contributed by atoms with Gasteiger partial charge in [0, 0.05) is 5.69 Å². The molecule has 0 radical (unpaired) electrons. The van der Waals surface area contributed by atoms with Gasteiger partial charge in [-0.25, -0.2) is 8.42 Å². The quantitative estimate of drug-likeness (QED) is 0.723. The molecule has 0 aliphatic carbocycles. The number of thiophene rings is 1. The van der Waals surface area contributed by atoms with Gasteiger partial charge in [-0.2, -0.15) is 13.2 Å². The molecule has 0 fully saturated rings. The number of hydrogen-bond donors (Lipinski definition) is 1. The second kappa shape index (κ2) is 6.09. The average Bonchev–Trinajstić information content (AvgIpc) is 2.70. The summed E-state index contributed by atoms with van der Waals surface area (Å²) in [6.07, 6.45) is -4.71. The highest BCUT2D eigenvalue weighted by Gasteiger charge is 2.33. The summed E-state index contributed by atoms with van der Waals surface area (Å²) in [5, 5.41) is -0.535. The minimum absolute atomic E-state index is 0.0949. The molecule has 11 heteroatoms. The highest BCUT2D eigenvalue weighted by Crippen LogP contribution is 2.38. The highest BCUT2D eigenvalue weighted by molar-refractivity contribution is 7.93. The first-order valence-electron chi connectivity index (χ1n) is 5.35. The number of anilines is 1. The van der Waals surface area contributed by atoms with Crippen molar-refractivity contribution in [2.24, 2.45) is 0 Å². The lowest BCUT2D eigenvalue weighted by Gasteiger charge is -2.12. The Morgan fingerprint density at radius 2 is 1.73 bits per heavy atom. The third-order valence-electron chi connectivity index (χ3n) is 2.44. The minimum Gasteiger partial charge on any atom is -0.280 e. The van der Waals surface area contributed by atoms with Gasteiger partial charge in [0.2, 0.25) is 0 Å². The minimum atomic E-state index is -4.71. The Balaban J connectivity index is 2.41. The number of rotatable bonds is 3. The molecule has 2 rings (SSSR count). The van der Waals surface area contributed by atoms with Crippen molar-refractivity contribution in [2.75, 3.05) is 4.72 Å². The molecule has 0 amide bonds. The van der Waals surface area contributed by atoms with E-state index in [1.54, 1.807) is 0 Å². The molecule has 1 aromatic carbocycles. The molecular weight excluding hydrogens is 406 g/mol. The number of hydrogen-bond acceptors (Lipinski definition) is 3. The fraction of sp³-hybridized carbons (Fsp3) is 0.0909. The predicted molar refractivity (Wildman–Crippen MR) is 81.6 cm³/mol. The van der Waals surface area contributed by atoms with Gasteiger partial charge in [0.15, 0.2) is 0 Å². The standard InChI is InChI=1S/C11H5Cl3F3NO2S2/c12-7-2-1-5(3-6(7)11(15,16)17)18-22(19,20)8-4-9(13)21-10(8)14/h1-4,18H. The van der Waals surface area contributed by atoms with E-state index in [2.05, 4.69) is 0 Å². The summed E-state index contributed by atoms with van der Waals surface area (Å²) in [4.78, 5) is -0.312. The molecular formula is C11H5Cl3F3NO2S2. The largest absolute Gasteiger partial charge is 0.417 e. The zero-order valence-corrected chi connectivity index (χ0v) is 14.1. The zero-order valence-electron chi connectivity index (χ0n) is 10.2. The molecule has 0 bridgehead atoms. The van der Waals surface area contributed by atoms with Crippen molar-refractivity contribution < 1.29 is 21.6 Å². The van der Waals surface area contributed by atoms with Gasteiger partial charge in [0.05, 0.1) is 14.9 Å². The van der Waals surface area contributed by atoms with E-state index in [1.165, 1.54) is 0 Å². The lowest BCUT2D eigenvalue weighted by molar-refractivity contribution is -0.137. The lowest BCUT2D eigenvalue weighted by atomic mass is 10.2. The molecule has 2 aromatic rings. The van der Waals surface area contributed by atoms with Gasteiger partial charge >= 0.3 is 6.18 Å². The monoisotopic (exact) mass is 409 g/mol. The summed E-state index contributed by atoms with van der Waals surface area (Å²) < 4.78 is 64.5. The van der Waals surface area contributed by atoms with Gasteiger partial charge in [0.1, 0.15) is 9.23 Å². The first kappa shape index (κ1) is 17.7. The van der Waals surface area contributed by atoms with Crippen LogP contribution in [0, 0.1) is 0 Å². The molecule has 0 aliphatic rings. The summed E-state index contributed by atoms with van der Waals surface area (Å²) in [7, 11) is -4.16. The van der Waals surface area contributed by atoms with E-state index in [9.17, 15) is 21.6 Å². The maximum Gasteiger partial charge on any atom is 0.417 e. The van der Waals surface area contributed by atoms with Crippen LogP contribution in [0.1, 0.15) is 5.56 Å². The highest BCUT2D eigenvalue weighted by atomic mass is 35.5. The van der Waals surface area contributed by atoms with Gasteiger partial charge in [-0.1, -0.05) is 34.8 Å². The van der Waals surface area contributed by atoms with Crippen LogP contribution in [0.15, 0.2) is 29.2 Å². The van der Waals surface area contributed by atoms with E-state index in [0.29, 0.717) is 6.07 Å². The van der Waals surface area contributed by atoms with Crippen LogP contribution in [-0.4, -0.2) is 8.42 Å². The SMILES string of the molecule is O=S(=O)(Nc1ccc(Cl)c(C(F)(F)F)c1)c1cc(Cl)sc1Cl. The molecule has 1 aromatic heterocycles. The smallest absolute Gasteiger partial charge is 0.280 e. The molecule has 1 N–H and O–H groups in total. The van der Waals surface area contributed by atoms with Crippen molar-refractivity contribution in [2.45, 2.75) is 11.1 Å². The number of alkyl halides is 3. The van der Waals surface area contributed by atoms with Gasteiger partial charge in [-0.3, -0.25) is 4.72 Å². The topological polar surface area (TPSA) is 46.2 Å².